The van der Waals surface area contributed by atoms with Crippen LogP contribution in [0.5, 0.6) is 5.75 Å². The van der Waals surface area contributed by atoms with Gasteiger partial charge in [-0.05, 0) is 86.7 Å². The number of aliphatic hydroxyl groups excluding tert-OH is 1. The minimum absolute atomic E-state index is 0.0232. The lowest BCUT2D eigenvalue weighted by Gasteiger charge is -2.42. The molecule has 1 saturated heterocycles. The fourth-order valence-corrected chi connectivity index (χ4v) is 6.58. The molecule has 3 aliphatic rings. The highest BCUT2D eigenvalue weighted by molar-refractivity contribution is 6.31. The van der Waals surface area contributed by atoms with Crippen LogP contribution in [0.15, 0.2) is 30.3 Å². The summed E-state index contributed by atoms with van der Waals surface area (Å²) in [5.41, 5.74) is 0.457. The Balaban J connectivity index is 1.29. The maximum Gasteiger partial charge on any atom is 0.418 e. The minimum atomic E-state index is -4.70. The Hall–Kier alpha value is -2.82. The van der Waals surface area contributed by atoms with Gasteiger partial charge in [-0.1, -0.05) is 24.9 Å². The molecular weight excluding hydrogens is 559 g/mol. The zero-order valence-corrected chi connectivity index (χ0v) is 23.9. The van der Waals surface area contributed by atoms with Crippen LogP contribution in [0.1, 0.15) is 62.6 Å². The Morgan fingerprint density at radius 1 is 1.22 bits per heavy atom. The monoisotopic (exact) mass is 593 g/mol. The average molecular weight is 594 g/mol. The number of carbonyl (C=O) groups is 2. The number of fused-ring (bicyclic) bond motifs is 2. The third kappa shape index (κ3) is 5.79. The third-order valence-electron chi connectivity index (χ3n) is 8.59. The molecule has 0 unspecified atom stereocenters. The number of nitrogens with zero attached hydrogens (tertiary/aromatic N) is 2. The number of alkyl halides is 3. The fraction of sp³-hybridized carbons (Fsp3) is 0.533. The predicted octanol–water partition coefficient (Wildman–Crippen LogP) is 5.55. The lowest BCUT2D eigenvalue weighted by Crippen LogP contribution is -2.50. The van der Waals surface area contributed by atoms with Crippen LogP contribution in [0.3, 0.4) is 0 Å². The summed E-state index contributed by atoms with van der Waals surface area (Å²) in [4.78, 5) is 28.8. The van der Waals surface area contributed by atoms with Gasteiger partial charge in [0.25, 0.3) is 0 Å². The van der Waals surface area contributed by atoms with Gasteiger partial charge in [-0.15, -0.1) is 0 Å². The molecular formula is C30H35ClF3N3O4. The van der Waals surface area contributed by atoms with Crippen molar-refractivity contribution in [1.29, 1.82) is 0 Å². The summed E-state index contributed by atoms with van der Waals surface area (Å²) in [7, 11) is 0. The maximum atomic E-state index is 14.4. The van der Waals surface area contributed by atoms with Gasteiger partial charge in [0, 0.05) is 30.2 Å². The largest absolute Gasteiger partial charge is 0.492 e. The zero-order valence-electron chi connectivity index (χ0n) is 23.2. The van der Waals surface area contributed by atoms with Crippen molar-refractivity contribution in [3.8, 4) is 5.75 Å². The molecule has 0 atom stereocenters. The molecule has 2 aromatic rings. The van der Waals surface area contributed by atoms with Crippen LogP contribution in [0.4, 0.5) is 24.5 Å². The van der Waals surface area contributed by atoms with Crippen molar-refractivity contribution in [3.63, 3.8) is 0 Å². The number of aryl methyl sites for hydroxylation is 1. The molecule has 11 heteroatoms. The number of hydrogen-bond acceptors (Lipinski definition) is 5. The Labute approximate surface area is 242 Å². The van der Waals surface area contributed by atoms with E-state index in [4.69, 9.17) is 16.3 Å². The summed E-state index contributed by atoms with van der Waals surface area (Å²) in [6.07, 6.45) is -2.67. The number of likely N-dealkylation sites (tertiary alicyclic amines) is 1. The molecule has 2 fully saturated rings. The summed E-state index contributed by atoms with van der Waals surface area (Å²) >= 11 is 6.21. The molecule has 2 N–H and O–H groups in total. The summed E-state index contributed by atoms with van der Waals surface area (Å²) in [5, 5.41) is 13.3. The predicted molar refractivity (Wildman–Crippen MR) is 151 cm³/mol. The highest BCUT2D eigenvalue weighted by Crippen LogP contribution is 2.46. The number of piperidine rings is 1. The minimum Gasteiger partial charge on any atom is -0.492 e. The van der Waals surface area contributed by atoms with E-state index in [0.717, 1.165) is 17.3 Å². The molecule has 41 heavy (non-hydrogen) atoms. The van der Waals surface area contributed by atoms with E-state index in [1.165, 1.54) is 11.8 Å². The SMILES string of the molecule is CCCc1cc(OCCN2CCC3(CC2)C(=O)Nc2ccc(Cl)cc23)cc(C(F)(F)F)c1N(C(C)=O)C1CC(O)C1. The molecule has 1 spiro atoms. The molecule has 2 amide bonds. The van der Waals surface area contributed by atoms with Crippen molar-refractivity contribution in [2.45, 2.75) is 76.1 Å². The molecule has 0 radical (unpaired) electrons. The van der Waals surface area contributed by atoms with Gasteiger partial charge in [0.1, 0.15) is 12.4 Å². The van der Waals surface area contributed by atoms with Crippen LogP contribution in [-0.2, 0) is 27.6 Å². The number of benzene rings is 2. The first-order valence-corrected chi connectivity index (χ1v) is 14.5. The average Bonchev–Trinajstić information content (AvgIpc) is 3.14. The first kappa shape index (κ1) is 29.7. The Morgan fingerprint density at radius 3 is 2.54 bits per heavy atom. The first-order chi connectivity index (χ1) is 19.4. The first-order valence-electron chi connectivity index (χ1n) is 14.1. The maximum absolute atomic E-state index is 14.4. The van der Waals surface area contributed by atoms with Crippen molar-refractivity contribution in [2.24, 2.45) is 0 Å². The van der Waals surface area contributed by atoms with Crippen molar-refractivity contribution in [1.82, 2.24) is 4.90 Å². The van der Waals surface area contributed by atoms with E-state index in [0.29, 0.717) is 55.9 Å². The van der Waals surface area contributed by atoms with Gasteiger partial charge in [-0.25, -0.2) is 0 Å². The molecule has 7 nitrogen and oxygen atoms in total. The fourth-order valence-electron chi connectivity index (χ4n) is 6.41. The van der Waals surface area contributed by atoms with E-state index >= 15 is 0 Å². The van der Waals surface area contributed by atoms with Crippen LogP contribution in [0, 0.1) is 0 Å². The Morgan fingerprint density at radius 2 is 1.93 bits per heavy atom. The second-order valence-electron chi connectivity index (χ2n) is 11.3. The number of nitrogens with one attached hydrogen (secondary N) is 1. The second-order valence-corrected chi connectivity index (χ2v) is 11.7. The van der Waals surface area contributed by atoms with Gasteiger partial charge < -0.3 is 20.1 Å². The quantitative estimate of drug-likeness (QED) is 0.419. The Bertz CT molecular complexity index is 1320. The lowest BCUT2D eigenvalue weighted by atomic mass is 9.73. The number of amides is 2. The molecule has 2 aliphatic heterocycles. The molecule has 2 aromatic carbocycles. The number of anilines is 2. The van der Waals surface area contributed by atoms with Crippen LogP contribution in [-0.4, -0.2) is 60.2 Å². The van der Waals surface area contributed by atoms with E-state index in [1.807, 2.05) is 19.1 Å². The third-order valence-corrected chi connectivity index (χ3v) is 8.82. The summed E-state index contributed by atoms with van der Waals surface area (Å²) in [6, 6.07) is 7.54. The molecule has 5 rings (SSSR count). The lowest BCUT2D eigenvalue weighted by molar-refractivity contribution is -0.137. The number of rotatable bonds is 8. The number of hydrogen-bond donors (Lipinski definition) is 2. The molecule has 1 saturated carbocycles. The number of carbonyl (C=O) groups excluding carboxylic acids is 2. The van der Waals surface area contributed by atoms with Crippen molar-refractivity contribution in [3.05, 3.63) is 52.0 Å². The number of halogens is 4. The van der Waals surface area contributed by atoms with E-state index < -0.39 is 35.2 Å². The zero-order chi connectivity index (χ0) is 29.5. The number of ether oxygens (including phenoxy) is 1. The van der Waals surface area contributed by atoms with E-state index in [1.54, 1.807) is 12.1 Å². The Kier molecular flexibility index (Phi) is 8.29. The van der Waals surface area contributed by atoms with Gasteiger partial charge in [-0.2, -0.15) is 13.2 Å². The summed E-state index contributed by atoms with van der Waals surface area (Å²) < 4.78 is 49.0. The van der Waals surface area contributed by atoms with Crippen LogP contribution >= 0.6 is 11.6 Å². The van der Waals surface area contributed by atoms with E-state index in [9.17, 15) is 27.9 Å². The molecule has 1 aliphatic carbocycles. The number of aliphatic hydroxyl groups is 1. The van der Waals surface area contributed by atoms with E-state index in [-0.39, 0.29) is 36.8 Å². The molecule has 0 bridgehead atoms. The van der Waals surface area contributed by atoms with Crippen LogP contribution in [0.2, 0.25) is 5.02 Å². The van der Waals surface area contributed by atoms with Crippen molar-refractivity contribution >= 4 is 34.8 Å². The van der Waals surface area contributed by atoms with Crippen LogP contribution in [0.25, 0.3) is 0 Å². The molecule has 2 heterocycles. The standard InChI is InChI=1S/C30H35ClF3N3O4/c1-3-4-19-13-23(17-25(30(32,33)34)27(19)37(18(2)38)21-15-22(39)16-21)41-12-11-36-9-7-29(8-10-36)24-14-20(31)5-6-26(24)35-28(29)40/h5-6,13-14,17,21-22,39H,3-4,7-12,15-16H2,1-2H3,(H,35,40). The smallest absolute Gasteiger partial charge is 0.418 e. The van der Waals surface area contributed by atoms with Crippen LogP contribution < -0.4 is 15.0 Å². The van der Waals surface area contributed by atoms with Gasteiger partial charge in [0.05, 0.1) is 22.8 Å². The summed E-state index contributed by atoms with van der Waals surface area (Å²) in [5.74, 6) is -0.402. The topological polar surface area (TPSA) is 82.1 Å². The highest BCUT2D eigenvalue weighted by Gasteiger charge is 2.48. The van der Waals surface area contributed by atoms with Gasteiger partial charge in [0.15, 0.2) is 0 Å². The molecule has 0 aromatic heterocycles. The summed E-state index contributed by atoms with van der Waals surface area (Å²) in [6.45, 7) is 5.07. The van der Waals surface area contributed by atoms with Gasteiger partial charge >= 0.3 is 6.18 Å². The second kappa shape index (κ2) is 11.5. The highest BCUT2D eigenvalue weighted by atomic mass is 35.5. The normalized spacial score (nSPS) is 21.8. The molecule has 222 valence electrons. The van der Waals surface area contributed by atoms with Crippen molar-refractivity contribution < 1.29 is 32.6 Å². The van der Waals surface area contributed by atoms with Gasteiger partial charge in [0.2, 0.25) is 11.8 Å². The van der Waals surface area contributed by atoms with Gasteiger partial charge in [-0.3, -0.25) is 14.5 Å². The van der Waals surface area contributed by atoms with E-state index in [2.05, 4.69) is 10.2 Å². The van der Waals surface area contributed by atoms with Crippen molar-refractivity contribution in [2.75, 3.05) is 36.5 Å².